The Hall–Kier alpha value is -3.02. The van der Waals surface area contributed by atoms with Gasteiger partial charge in [-0.05, 0) is 74.7 Å². The smallest absolute Gasteiger partial charge is 0.410 e. The number of halogens is 1. The van der Waals surface area contributed by atoms with Crippen molar-refractivity contribution in [2.45, 2.75) is 77.4 Å². The number of carbonyl (C=O) groups is 1. The van der Waals surface area contributed by atoms with Gasteiger partial charge < -0.3 is 23.7 Å². The van der Waals surface area contributed by atoms with Crippen LogP contribution < -0.4 is 0 Å². The highest BCUT2D eigenvalue weighted by atomic mass is 35.5. The molecule has 6 rings (SSSR count). The van der Waals surface area contributed by atoms with Crippen molar-refractivity contribution in [2.75, 3.05) is 39.4 Å². The number of piperazine rings is 1. The van der Waals surface area contributed by atoms with Crippen molar-refractivity contribution in [3.63, 3.8) is 0 Å². The van der Waals surface area contributed by atoms with Gasteiger partial charge in [0.25, 0.3) is 0 Å². The zero-order valence-electron chi connectivity index (χ0n) is 28.1. The van der Waals surface area contributed by atoms with E-state index in [4.69, 9.17) is 35.8 Å². The maximum atomic E-state index is 12.8. The SMILES string of the molecule is Cc1c(C2(C3=Cc4cccnc4[C@@H](N4CCN(C(=O)OC(C)(C)C)CC4)c4ccc(Cl)cc43)CO2)ncn1COCC[Si](C)(C)C. The molecule has 9 nitrogen and oxygen atoms in total. The lowest BCUT2D eigenvalue weighted by Gasteiger charge is -2.40. The van der Waals surface area contributed by atoms with E-state index >= 15 is 0 Å². The molecule has 246 valence electrons. The van der Waals surface area contributed by atoms with Gasteiger partial charge in [0.1, 0.15) is 18.0 Å². The van der Waals surface area contributed by atoms with Crippen LogP contribution in [0.4, 0.5) is 4.79 Å². The Balaban J connectivity index is 1.33. The van der Waals surface area contributed by atoms with Crippen LogP contribution in [-0.4, -0.2) is 83.5 Å². The molecule has 2 aromatic heterocycles. The van der Waals surface area contributed by atoms with Gasteiger partial charge in [-0.1, -0.05) is 43.4 Å². The standard InChI is InChI=1S/C35H46ClN5O4Si/c1-24-32(38-22-41(24)23-43-17-18-46(5,6)7)35(21-44-35)29-19-25-9-8-12-37-30(25)31(27-11-10-26(36)20-28(27)29)39-13-15-40(16-14-39)33(42)45-34(2,3)4/h8-12,19-20,22,31H,13-18,21,23H2,1-7H3/t31-,35?/m0/s1. The van der Waals surface area contributed by atoms with Gasteiger partial charge in [0, 0.05) is 63.3 Å². The minimum atomic E-state index is -1.17. The first-order valence-corrected chi connectivity index (χ1v) is 20.3. The van der Waals surface area contributed by atoms with E-state index in [9.17, 15) is 4.79 Å². The predicted molar refractivity (Wildman–Crippen MR) is 183 cm³/mol. The molecule has 11 heteroatoms. The predicted octanol–water partition coefficient (Wildman–Crippen LogP) is 6.97. The Morgan fingerprint density at radius 1 is 1.13 bits per heavy atom. The zero-order valence-corrected chi connectivity index (χ0v) is 29.9. The molecule has 2 atom stereocenters. The number of imidazole rings is 1. The quantitative estimate of drug-likeness (QED) is 0.146. The molecular weight excluding hydrogens is 618 g/mol. The van der Waals surface area contributed by atoms with Crippen molar-refractivity contribution < 1.29 is 19.0 Å². The molecule has 1 aliphatic carbocycles. The summed E-state index contributed by atoms with van der Waals surface area (Å²) >= 11 is 6.71. The van der Waals surface area contributed by atoms with Crippen LogP contribution in [0.3, 0.4) is 0 Å². The number of carbonyl (C=O) groups excluding carboxylic acids is 1. The van der Waals surface area contributed by atoms with E-state index in [1.54, 1.807) is 4.90 Å². The second-order valence-electron chi connectivity index (χ2n) is 14.8. The van der Waals surface area contributed by atoms with Crippen LogP contribution in [0.25, 0.3) is 11.6 Å². The average Bonchev–Trinajstić information content (AvgIpc) is 3.72. The van der Waals surface area contributed by atoms with Gasteiger partial charge >= 0.3 is 6.09 Å². The van der Waals surface area contributed by atoms with Crippen molar-refractivity contribution in [2.24, 2.45) is 0 Å². The van der Waals surface area contributed by atoms with Gasteiger partial charge in [0.05, 0.1) is 24.7 Å². The van der Waals surface area contributed by atoms with Crippen molar-refractivity contribution in [3.8, 4) is 0 Å². The van der Waals surface area contributed by atoms with Gasteiger partial charge in [0.15, 0.2) is 5.60 Å². The number of hydrogen-bond acceptors (Lipinski definition) is 7. The minimum Gasteiger partial charge on any atom is -0.444 e. The lowest BCUT2D eigenvalue weighted by molar-refractivity contribution is 0.0118. The summed E-state index contributed by atoms with van der Waals surface area (Å²) in [6.07, 6.45) is 5.66. The number of hydrogen-bond donors (Lipinski definition) is 0. The molecule has 46 heavy (non-hydrogen) atoms. The van der Waals surface area contributed by atoms with Crippen molar-refractivity contribution >= 4 is 37.4 Å². The van der Waals surface area contributed by atoms with Gasteiger partial charge in [-0.25, -0.2) is 9.78 Å². The molecule has 2 aliphatic heterocycles. The minimum absolute atomic E-state index is 0.132. The van der Waals surface area contributed by atoms with Crippen molar-refractivity contribution in [1.82, 2.24) is 24.3 Å². The second kappa shape index (κ2) is 12.5. The molecule has 2 fully saturated rings. The summed E-state index contributed by atoms with van der Waals surface area (Å²) in [4.78, 5) is 26.9. The lowest BCUT2D eigenvalue weighted by Crippen LogP contribution is -2.51. The second-order valence-corrected chi connectivity index (χ2v) is 20.8. The van der Waals surface area contributed by atoms with E-state index in [-0.39, 0.29) is 12.1 Å². The highest BCUT2D eigenvalue weighted by Crippen LogP contribution is 2.54. The van der Waals surface area contributed by atoms with E-state index in [0.29, 0.717) is 44.5 Å². The number of ether oxygens (including phenoxy) is 3. The monoisotopic (exact) mass is 663 g/mol. The summed E-state index contributed by atoms with van der Waals surface area (Å²) in [5, 5.41) is 0.658. The number of fused-ring (bicyclic) bond motifs is 2. The summed E-state index contributed by atoms with van der Waals surface area (Å²) in [5.74, 6) is 0. The molecule has 1 unspecified atom stereocenters. The maximum absolute atomic E-state index is 12.8. The van der Waals surface area contributed by atoms with Crippen LogP contribution in [0, 0.1) is 6.92 Å². The van der Waals surface area contributed by atoms with Gasteiger partial charge in [-0.3, -0.25) is 9.88 Å². The maximum Gasteiger partial charge on any atom is 0.410 e. The molecular formula is C35H46ClN5O4Si. The Labute approximate surface area is 278 Å². The third-order valence-electron chi connectivity index (χ3n) is 8.94. The van der Waals surface area contributed by atoms with Gasteiger partial charge in [0.2, 0.25) is 0 Å². The number of nitrogens with zero attached hydrogens (tertiary/aromatic N) is 5. The third-order valence-corrected chi connectivity index (χ3v) is 10.9. The molecule has 3 aromatic rings. The van der Waals surface area contributed by atoms with E-state index in [1.165, 1.54) is 0 Å². The van der Waals surface area contributed by atoms with Crippen LogP contribution in [0.5, 0.6) is 0 Å². The molecule has 0 spiro atoms. The summed E-state index contributed by atoms with van der Waals surface area (Å²) in [7, 11) is -1.17. The van der Waals surface area contributed by atoms with Gasteiger partial charge in [-0.15, -0.1) is 0 Å². The van der Waals surface area contributed by atoms with Crippen molar-refractivity contribution in [1.29, 1.82) is 0 Å². The van der Waals surface area contributed by atoms with Crippen LogP contribution in [0.15, 0.2) is 42.9 Å². The fraction of sp³-hybridized carbons (Fsp3) is 0.514. The van der Waals surface area contributed by atoms with E-state index in [2.05, 4.69) is 54.2 Å². The number of amides is 1. The fourth-order valence-electron chi connectivity index (χ4n) is 6.36. The lowest BCUT2D eigenvalue weighted by atomic mass is 9.85. The third kappa shape index (κ3) is 6.82. The summed E-state index contributed by atoms with van der Waals surface area (Å²) in [6, 6.07) is 11.2. The Kier molecular flexibility index (Phi) is 8.97. The molecule has 0 radical (unpaired) electrons. The molecule has 4 heterocycles. The first kappa shape index (κ1) is 32.9. The molecule has 0 N–H and O–H groups in total. The van der Waals surface area contributed by atoms with E-state index in [1.807, 2.05) is 51.5 Å². The highest BCUT2D eigenvalue weighted by Gasteiger charge is 2.54. The summed E-state index contributed by atoms with van der Waals surface area (Å²) in [5.41, 5.74) is 5.87. The van der Waals surface area contributed by atoms with E-state index < -0.39 is 19.3 Å². The average molecular weight is 664 g/mol. The first-order valence-electron chi connectivity index (χ1n) is 16.2. The largest absolute Gasteiger partial charge is 0.444 e. The van der Waals surface area contributed by atoms with E-state index in [0.717, 1.165) is 52.0 Å². The number of epoxide rings is 1. The van der Waals surface area contributed by atoms with Crippen molar-refractivity contribution in [3.05, 3.63) is 81.7 Å². The molecule has 2 saturated heterocycles. The first-order chi connectivity index (χ1) is 21.8. The Bertz CT molecular complexity index is 1630. The summed E-state index contributed by atoms with van der Waals surface area (Å²) in [6.45, 7) is 19.1. The van der Waals surface area contributed by atoms with Gasteiger partial charge in [-0.2, -0.15) is 0 Å². The molecule has 1 aromatic carbocycles. The fourth-order valence-corrected chi connectivity index (χ4v) is 7.29. The molecule has 1 amide bonds. The van der Waals surface area contributed by atoms with Crippen LogP contribution >= 0.6 is 11.6 Å². The van der Waals surface area contributed by atoms with Crippen LogP contribution in [-0.2, 0) is 26.5 Å². The topological polar surface area (TPSA) is 85.3 Å². The molecule has 0 bridgehead atoms. The Morgan fingerprint density at radius 3 is 2.54 bits per heavy atom. The number of pyridine rings is 1. The molecule has 0 saturated carbocycles. The van der Waals surface area contributed by atoms with Crippen LogP contribution in [0.2, 0.25) is 30.7 Å². The van der Waals surface area contributed by atoms with Crippen LogP contribution in [0.1, 0.15) is 60.6 Å². The Morgan fingerprint density at radius 2 is 1.87 bits per heavy atom. The zero-order chi connectivity index (χ0) is 32.9. The number of aromatic nitrogens is 3. The number of rotatable bonds is 8. The normalized spacial score (nSPS) is 21.7. The molecule has 3 aliphatic rings. The highest BCUT2D eigenvalue weighted by molar-refractivity contribution is 6.76. The number of benzene rings is 1. The summed E-state index contributed by atoms with van der Waals surface area (Å²) < 4.78 is 20.2.